The van der Waals surface area contributed by atoms with Crippen LogP contribution in [0, 0.1) is 17.8 Å². The van der Waals surface area contributed by atoms with Crippen LogP contribution in [-0.4, -0.2) is 36.9 Å². The number of piperidine rings is 1. The minimum Gasteiger partial charge on any atom is -0.497 e. The molecule has 1 heterocycles. The van der Waals surface area contributed by atoms with E-state index in [1.165, 1.54) is 56.3 Å². The molecule has 2 saturated carbocycles. The van der Waals surface area contributed by atoms with Crippen LogP contribution in [0.1, 0.15) is 69.4 Å². The predicted molar refractivity (Wildman–Crippen MR) is 119 cm³/mol. The molecule has 0 spiro atoms. The topological polar surface area (TPSA) is 29.5 Å². The quantitative estimate of drug-likeness (QED) is 0.660. The van der Waals surface area contributed by atoms with E-state index in [2.05, 4.69) is 30.0 Å². The SMILES string of the molecule is CCC[C@@H]1CC(=O)CC23CCN(CC4CCC4)C(Cc4ccc(OC)cc42)[C@@H]13.Cl. The van der Waals surface area contributed by atoms with Crippen molar-refractivity contribution in [3.8, 4) is 5.75 Å². The molecule has 1 aromatic carbocycles. The summed E-state index contributed by atoms with van der Waals surface area (Å²) in [4.78, 5) is 15.8. The van der Waals surface area contributed by atoms with Gasteiger partial charge in [-0.25, -0.2) is 0 Å². The van der Waals surface area contributed by atoms with Gasteiger partial charge in [-0.15, -0.1) is 12.4 Å². The van der Waals surface area contributed by atoms with Crippen molar-refractivity contribution in [2.75, 3.05) is 20.2 Å². The number of carbonyl (C=O) groups is 1. The zero-order valence-electron chi connectivity index (χ0n) is 18.0. The lowest BCUT2D eigenvalue weighted by Gasteiger charge is -2.61. The molecule has 1 saturated heterocycles. The molecule has 0 N–H and O–H groups in total. The van der Waals surface area contributed by atoms with Crippen molar-refractivity contribution in [1.82, 2.24) is 4.90 Å². The first-order valence-corrected chi connectivity index (χ1v) is 11.6. The Kier molecular flexibility index (Phi) is 6.01. The highest BCUT2D eigenvalue weighted by Gasteiger charge is 2.58. The largest absolute Gasteiger partial charge is 0.497 e. The van der Waals surface area contributed by atoms with E-state index in [9.17, 15) is 4.79 Å². The van der Waals surface area contributed by atoms with Gasteiger partial charge in [0, 0.05) is 30.8 Å². The molecule has 3 nitrogen and oxygen atoms in total. The van der Waals surface area contributed by atoms with Crippen molar-refractivity contribution < 1.29 is 9.53 Å². The number of likely N-dealkylation sites (tertiary alicyclic amines) is 1. The maximum Gasteiger partial charge on any atom is 0.134 e. The summed E-state index contributed by atoms with van der Waals surface area (Å²) in [5, 5.41) is 0. The number of hydrogen-bond acceptors (Lipinski definition) is 3. The van der Waals surface area contributed by atoms with Crippen LogP contribution in [-0.2, 0) is 16.6 Å². The van der Waals surface area contributed by atoms with Gasteiger partial charge in [-0.05, 0) is 79.7 Å². The van der Waals surface area contributed by atoms with Crippen LogP contribution in [0.4, 0.5) is 0 Å². The summed E-state index contributed by atoms with van der Waals surface area (Å²) in [6.45, 7) is 4.74. The van der Waals surface area contributed by atoms with Gasteiger partial charge in [-0.2, -0.15) is 0 Å². The predicted octanol–water partition coefficient (Wildman–Crippen LogP) is 5.18. The smallest absolute Gasteiger partial charge is 0.134 e. The number of ketones is 1. The number of halogens is 1. The van der Waals surface area contributed by atoms with Gasteiger partial charge in [0.25, 0.3) is 0 Å². The van der Waals surface area contributed by atoms with E-state index >= 15 is 0 Å². The van der Waals surface area contributed by atoms with Crippen molar-refractivity contribution in [2.45, 2.75) is 76.2 Å². The molecule has 0 aromatic heterocycles. The third-order valence-corrected chi connectivity index (χ3v) is 8.54. The van der Waals surface area contributed by atoms with Crippen LogP contribution >= 0.6 is 12.4 Å². The average Bonchev–Trinajstić information content (AvgIpc) is 2.65. The number of methoxy groups -OCH3 is 1. The normalized spacial score (nSPS) is 33.9. The minimum absolute atomic E-state index is 0. The highest BCUT2D eigenvalue weighted by atomic mass is 35.5. The molecule has 4 atom stereocenters. The summed E-state index contributed by atoms with van der Waals surface area (Å²) in [7, 11) is 1.76. The van der Waals surface area contributed by atoms with Gasteiger partial charge in [0.15, 0.2) is 0 Å². The summed E-state index contributed by atoms with van der Waals surface area (Å²) < 4.78 is 5.60. The Morgan fingerprint density at radius 1 is 1.24 bits per heavy atom. The van der Waals surface area contributed by atoms with Crippen LogP contribution in [0.15, 0.2) is 18.2 Å². The van der Waals surface area contributed by atoms with Gasteiger partial charge in [-0.1, -0.05) is 25.8 Å². The molecule has 29 heavy (non-hydrogen) atoms. The molecule has 4 heteroatoms. The van der Waals surface area contributed by atoms with E-state index in [4.69, 9.17) is 4.74 Å². The van der Waals surface area contributed by atoms with Crippen LogP contribution < -0.4 is 4.74 Å². The Morgan fingerprint density at radius 3 is 2.76 bits per heavy atom. The highest BCUT2D eigenvalue weighted by Crippen LogP contribution is 2.58. The number of ether oxygens (including phenoxy) is 1. The maximum atomic E-state index is 12.9. The molecular weight excluding hydrogens is 382 g/mol. The molecular formula is C25H36ClNO2. The third-order valence-electron chi connectivity index (χ3n) is 8.54. The van der Waals surface area contributed by atoms with Gasteiger partial charge >= 0.3 is 0 Å². The van der Waals surface area contributed by atoms with E-state index < -0.39 is 0 Å². The van der Waals surface area contributed by atoms with Crippen molar-refractivity contribution >= 4 is 18.2 Å². The van der Waals surface area contributed by atoms with E-state index in [1.54, 1.807) is 7.11 Å². The lowest BCUT2D eigenvalue weighted by Crippen LogP contribution is -2.65. The molecule has 4 aliphatic rings. The molecule has 2 bridgehead atoms. The molecule has 1 aromatic rings. The summed E-state index contributed by atoms with van der Waals surface area (Å²) >= 11 is 0. The van der Waals surface area contributed by atoms with E-state index in [0.717, 1.165) is 37.4 Å². The first-order chi connectivity index (χ1) is 13.6. The van der Waals surface area contributed by atoms with Crippen LogP contribution in [0.3, 0.4) is 0 Å². The molecule has 2 unspecified atom stereocenters. The number of nitrogens with zero attached hydrogens (tertiary/aromatic N) is 1. The summed E-state index contributed by atoms with van der Waals surface area (Å²) in [5.74, 6) is 3.56. The van der Waals surface area contributed by atoms with Crippen LogP contribution in [0.5, 0.6) is 5.75 Å². The fourth-order valence-corrected chi connectivity index (χ4v) is 7.19. The minimum atomic E-state index is 0. The molecule has 1 aliphatic heterocycles. The van der Waals surface area contributed by atoms with Crippen molar-refractivity contribution in [3.63, 3.8) is 0 Å². The fourth-order valence-electron chi connectivity index (χ4n) is 7.19. The fraction of sp³-hybridized carbons (Fsp3) is 0.720. The second-order valence-corrected chi connectivity index (χ2v) is 9.99. The molecule has 3 aliphatic carbocycles. The number of carbonyl (C=O) groups excluding carboxylic acids is 1. The summed E-state index contributed by atoms with van der Waals surface area (Å²) in [5.41, 5.74) is 2.98. The lowest BCUT2D eigenvalue weighted by atomic mass is 9.48. The maximum absolute atomic E-state index is 12.9. The Hall–Kier alpha value is -1.06. The van der Waals surface area contributed by atoms with Crippen LogP contribution in [0.2, 0.25) is 0 Å². The van der Waals surface area contributed by atoms with Crippen molar-refractivity contribution in [3.05, 3.63) is 29.3 Å². The summed E-state index contributed by atoms with van der Waals surface area (Å²) in [6, 6.07) is 7.32. The average molecular weight is 418 g/mol. The molecule has 0 amide bonds. The standard InChI is InChI=1S/C25H35NO2.ClH/c1-3-5-19-12-20(27)15-25-10-11-26(16-17-6-4-7-17)23(24(19)25)13-18-8-9-21(28-2)14-22(18)25;/h8-9,14,17,19,23-24H,3-7,10-13,15-16H2,1-2H3;1H/t19-,23?,24-,25?;/m1./s1. The Labute approximate surface area is 182 Å². The second-order valence-electron chi connectivity index (χ2n) is 9.99. The molecule has 5 rings (SSSR count). The van der Waals surface area contributed by atoms with E-state index in [-0.39, 0.29) is 17.8 Å². The number of benzene rings is 1. The second kappa shape index (κ2) is 8.23. The van der Waals surface area contributed by atoms with Crippen molar-refractivity contribution in [2.24, 2.45) is 17.8 Å². The zero-order valence-corrected chi connectivity index (χ0v) is 18.8. The Bertz CT molecular complexity index is 761. The highest BCUT2D eigenvalue weighted by molar-refractivity contribution is 5.85. The van der Waals surface area contributed by atoms with Gasteiger partial charge < -0.3 is 4.74 Å². The van der Waals surface area contributed by atoms with Crippen LogP contribution in [0.25, 0.3) is 0 Å². The number of Topliss-reactive ketones (excluding diaryl/α,β-unsaturated/α-hetero) is 1. The third kappa shape index (κ3) is 3.43. The number of rotatable bonds is 5. The molecule has 3 fully saturated rings. The van der Waals surface area contributed by atoms with E-state index in [1.807, 2.05) is 0 Å². The zero-order chi connectivity index (χ0) is 19.3. The van der Waals surface area contributed by atoms with Gasteiger partial charge in [-0.3, -0.25) is 9.69 Å². The van der Waals surface area contributed by atoms with E-state index in [0.29, 0.717) is 23.7 Å². The monoisotopic (exact) mass is 417 g/mol. The molecule has 160 valence electrons. The van der Waals surface area contributed by atoms with Gasteiger partial charge in [0.1, 0.15) is 11.5 Å². The number of fused-ring (bicyclic) bond motifs is 1. The Balaban J connectivity index is 0.00000205. The van der Waals surface area contributed by atoms with Gasteiger partial charge in [0.2, 0.25) is 0 Å². The number of hydrogen-bond donors (Lipinski definition) is 0. The summed E-state index contributed by atoms with van der Waals surface area (Å²) in [6.07, 6.45) is 10.5. The molecule has 0 radical (unpaired) electrons. The van der Waals surface area contributed by atoms with Gasteiger partial charge in [0.05, 0.1) is 7.11 Å². The van der Waals surface area contributed by atoms with Crippen molar-refractivity contribution in [1.29, 1.82) is 0 Å². The first-order valence-electron chi connectivity index (χ1n) is 11.6. The Morgan fingerprint density at radius 2 is 2.07 bits per heavy atom. The lowest BCUT2D eigenvalue weighted by molar-refractivity contribution is -0.132. The first kappa shape index (κ1) is 21.2.